The topological polar surface area (TPSA) is 63.5 Å². The number of thiocarbonyl (C=S) groups is 1. The molecule has 1 saturated heterocycles. The highest BCUT2D eigenvalue weighted by atomic mass is 79.9. The Morgan fingerprint density at radius 3 is 2.42 bits per heavy atom. The number of hydrogen-bond acceptors (Lipinski definition) is 5. The Hall–Kier alpha value is -2.29. The molecule has 1 amide bonds. The van der Waals surface area contributed by atoms with Crippen LogP contribution in [0.25, 0.3) is 6.08 Å². The minimum atomic E-state index is -0.487. The molecule has 0 saturated carbocycles. The summed E-state index contributed by atoms with van der Waals surface area (Å²) >= 11 is 9.95. The summed E-state index contributed by atoms with van der Waals surface area (Å²) in [5, 5.41) is 10.8. The van der Waals surface area contributed by atoms with Crippen molar-refractivity contribution in [1.82, 2.24) is 0 Å². The number of thioether (sulfide) groups is 1. The highest BCUT2D eigenvalue weighted by Gasteiger charge is 2.33. The third-order valence-corrected chi connectivity index (χ3v) is 5.25. The van der Waals surface area contributed by atoms with E-state index >= 15 is 0 Å². The zero-order valence-corrected chi connectivity index (χ0v) is 16.4. The van der Waals surface area contributed by atoms with Gasteiger partial charge in [-0.3, -0.25) is 19.8 Å². The molecule has 26 heavy (non-hydrogen) atoms. The van der Waals surface area contributed by atoms with E-state index in [-0.39, 0.29) is 11.6 Å². The Kier molecular flexibility index (Phi) is 5.65. The number of hydrogen-bond donors (Lipinski definition) is 0. The van der Waals surface area contributed by atoms with Crippen LogP contribution >= 0.6 is 39.9 Å². The minimum absolute atomic E-state index is 0.0386. The monoisotopic (exact) mass is 446 g/mol. The molecule has 0 aromatic heterocycles. The van der Waals surface area contributed by atoms with Gasteiger partial charge in [-0.05, 0) is 29.8 Å². The third kappa shape index (κ3) is 4.09. The molecule has 2 aromatic carbocycles. The van der Waals surface area contributed by atoms with Crippen molar-refractivity contribution in [3.05, 3.63) is 85.7 Å². The summed E-state index contributed by atoms with van der Waals surface area (Å²) in [7, 11) is 0. The van der Waals surface area contributed by atoms with Gasteiger partial charge in [0.05, 0.1) is 15.5 Å². The van der Waals surface area contributed by atoms with Crippen LogP contribution in [0.4, 0.5) is 11.4 Å². The second-order valence-corrected chi connectivity index (χ2v) is 7.82. The van der Waals surface area contributed by atoms with Gasteiger partial charge in [-0.15, -0.1) is 0 Å². The van der Waals surface area contributed by atoms with Crippen molar-refractivity contribution in [2.75, 3.05) is 4.90 Å². The van der Waals surface area contributed by atoms with Crippen molar-refractivity contribution in [1.29, 1.82) is 0 Å². The van der Waals surface area contributed by atoms with Gasteiger partial charge < -0.3 is 0 Å². The highest BCUT2D eigenvalue weighted by molar-refractivity contribution is 9.12. The van der Waals surface area contributed by atoms with E-state index in [9.17, 15) is 14.9 Å². The van der Waals surface area contributed by atoms with Crippen LogP contribution in [-0.4, -0.2) is 15.2 Å². The molecule has 8 heteroatoms. The van der Waals surface area contributed by atoms with Crippen LogP contribution in [0.5, 0.6) is 0 Å². The summed E-state index contributed by atoms with van der Waals surface area (Å²) in [6.07, 6.45) is 3.62. The van der Waals surface area contributed by atoms with E-state index in [0.717, 1.165) is 10.0 Å². The molecule has 0 atom stereocenters. The van der Waals surface area contributed by atoms with Crippen molar-refractivity contribution >= 4 is 67.6 Å². The summed E-state index contributed by atoms with van der Waals surface area (Å²) in [5.74, 6) is -0.257. The first kappa shape index (κ1) is 18.5. The lowest BCUT2D eigenvalue weighted by molar-refractivity contribution is -0.384. The number of nitro groups is 1. The summed E-state index contributed by atoms with van der Waals surface area (Å²) < 4.78 is 1.13. The minimum Gasteiger partial charge on any atom is -0.268 e. The Balaban J connectivity index is 1.84. The standard InChI is InChI=1S/C18H11BrN2O3S2/c19-13(10-12-4-2-1-3-5-12)11-16-17(22)20(18(25)26-16)14-6-8-15(9-7-14)21(23)24/h1-11H/b13-10-,16-11-. The maximum Gasteiger partial charge on any atom is 0.270 e. The molecule has 0 radical (unpaired) electrons. The molecule has 1 aliphatic heterocycles. The van der Waals surface area contributed by atoms with E-state index in [1.807, 2.05) is 36.4 Å². The number of amides is 1. The quantitative estimate of drug-likeness (QED) is 0.276. The van der Waals surface area contributed by atoms with E-state index in [2.05, 4.69) is 15.9 Å². The summed E-state index contributed by atoms with van der Waals surface area (Å²) in [6, 6.07) is 15.4. The highest BCUT2D eigenvalue weighted by Crippen LogP contribution is 2.36. The molecule has 0 spiro atoms. The van der Waals surface area contributed by atoms with Crippen molar-refractivity contribution < 1.29 is 9.72 Å². The van der Waals surface area contributed by atoms with Crippen LogP contribution in [0.3, 0.4) is 0 Å². The first-order valence-corrected chi connectivity index (χ1v) is 9.42. The zero-order chi connectivity index (χ0) is 18.7. The molecule has 1 aliphatic rings. The second-order valence-electron chi connectivity index (χ2n) is 5.23. The summed E-state index contributed by atoms with van der Waals surface area (Å²) in [4.78, 5) is 24.8. The van der Waals surface area contributed by atoms with Gasteiger partial charge >= 0.3 is 0 Å². The first-order chi connectivity index (χ1) is 12.5. The number of halogens is 1. The van der Waals surface area contributed by atoms with E-state index in [1.54, 1.807) is 6.08 Å². The average molecular weight is 447 g/mol. The Bertz CT molecular complexity index is 941. The van der Waals surface area contributed by atoms with Gasteiger partial charge in [0.25, 0.3) is 11.6 Å². The Morgan fingerprint density at radius 2 is 1.81 bits per heavy atom. The lowest BCUT2D eigenvalue weighted by atomic mass is 10.2. The fourth-order valence-electron chi connectivity index (χ4n) is 2.29. The zero-order valence-electron chi connectivity index (χ0n) is 13.2. The molecule has 5 nitrogen and oxygen atoms in total. The van der Waals surface area contributed by atoms with E-state index in [0.29, 0.717) is 14.9 Å². The molecule has 0 bridgehead atoms. The van der Waals surface area contributed by atoms with Gasteiger partial charge in [0.15, 0.2) is 4.32 Å². The fourth-order valence-corrected chi connectivity index (χ4v) is 4.22. The number of benzene rings is 2. The summed E-state index contributed by atoms with van der Waals surface area (Å²) in [6.45, 7) is 0. The van der Waals surface area contributed by atoms with Crippen molar-refractivity contribution in [2.24, 2.45) is 0 Å². The number of anilines is 1. The maximum absolute atomic E-state index is 12.7. The largest absolute Gasteiger partial charge is 0.270 e. The van der Waals surface area contributed by atoms with E-state index in [1.165, 1.54) is 40.9 Å². The van der Waals surface area contributed by atoms with Gasteiger partial charge in [-0.2, -0.15) is 0 Å². The van der Waals surface area contributed by atoms with Crippen molar-refractivity contribution in [3.63, 3.8) is 0 Å². The predicted octanol–water partition coefficient (Wildman–Crippen LogP) is 5.28. The van der Waals surface area contributed by atoms with Crippen LogP contribution in [0, 0.1) is 10.1 Å². The number of allylic oxidation sites excluding steroid dienone is 2. The molecule has 130 valence electrons. The van der Waals surface area contributed by atoms with Crippen LogP contribution in [-0.2, 0) is 4.79 Å². The van der Waals surface area contributed by atoms with E-state index < -0.39 is 4.92 Å². The normalized spacial score (nSPS) is 16.4. The van der Waals surface area contributed by atoms with Gasteiger partial charge in [-0.25, -0.2) is 0 Å². The molecule has 1 fully saturated rings. The predicted molar refractivity (Wildman–Crippen MR) is 112 cm³/mol. The average Bonchev–Trinajstić information content (AvgIpc) is 2.89. The lowest BCUT2D eigenvalue weighted by Crippen LogP contribution is -2.27. The summed E-state index contributed by atoms with van der Waals surface area (Å²) in [5.41, 5.74) is 1.47. The number of nitro benzene ring substituents is 1. The van der Waals surface area contributed by atoms with Crippen LogP contribution < -0.4 is 4.90 Å². The van der Waals surface area contributed by atoms with Crippen molar-refractivity contribution in [2.45, 2.75) is 0 Å². The third-order valence-electron chi connectivity index (χ3n) is 3.49. The van der Waals surface area contributed by atoms with Crippen LogP contribution in [0.2, 0.25) is 0 Å². The number of carbonyl (C=O) groups excluding carboxylic acids is 1. The fraction of sp³-hybridized carbons (Fsp3) is 0. The number of carbonyl (C=O) groups is 1. The number of rotatable bonds is 4. The van der Waals surface area contributed by atoms with Gasteiger partial charge in [0.2, 0.25) is 0 Å². The van der Waals surface area contributed by atoms with E-state index in [4.69, 9.17) is 12.2 Å². The van der Waals surface area contributed by atoms with Crippen molar-refractivity contribution in [3.8, 4) is 0 Å². The smallest absolute Gasteiger partial charge is 0.268 e. The Labute approximate surface area is 167 Å². The number of non-ortho nitro benzene ring substituents is 1. The molecule has 0 unspecified atom stereocenters. The molecule has 2 aromatic rings. The van der Waals surface area contributed by atoms with Crippen LogP contribution in [0.1, 0.15) is 5.56 Å². The van der Waals surface area contributed by atoms with Gasteiger partial charge in [0.1, 0.15) is 0 Å². The molecule has 0 aliphatic carbocycles. The SMILES string of the molecule is O=C1/C(=C/C(Br)=C/c2ccccc2)SC(=S)N1c1ccc([N+](=O)[O-])cc1. The molecule has 0 N–H and O–H groups in total. The molecular weight excluding hydrogens is 436 g/mol. The lowest BCUT2D eigenvalue weighted by Gasteiger charge is -2.13. The van der Waals surface area contributed by atoms with Gasteiger partial charge in [0, 0.05) is 16.6 Å². The Morgan fingerprint density at radius 1 is 1.15 bits per heavy atom. The number of nitrogens with zero attached hydrogens (tertiary/aromatic N) is 2. The van der Waals surface area contributed by atoms with Gasteiger partial charge in [-0.1, -0.05) is 70.2 Å². The second kappa shape index (κ2) is 7.94. The molecular formula is C18H11BrN2O3S2. The maximum atomic E-state index is 12.7. The first-order valence-electron chi connectivity index (χ1n) is 7.40. The molecule has 3 rings (SSSR count). The molecule has 1 heterocycles. The van der Waals surface area contributed by atoms with Crippen LogP contribution in [0.15, 0.2) is 70.1 Å².